The summed E-state index contributed by atoms with van der Waals surface area (Å²) in [5, 5.41) is 21.4. The van der Waals surface area contributed by atoms with Crippen LogP contribution in [0.3, 0.4) is 0 Å². The van der Waals surface area contributed by atoms with E-state index in [0.717, 1.165) is 0 Å². The average Bonchev–Trinajstić information content (AvgIpc) is 2.65. The number of aliphatic carboxylic acids is 1. The van der Waals surface area contributed by atoms with Gasteiger partial charge < -0.3 is 16.2 Å². The number of carbonyl (C=O) groups is 2. The van der Waals surface area contributed by atoms with Crippen molar-refractivity contribution < 1.29 is 23.1 Å². The van der Waals surface area contributed by atoms with Crippen LogP contribution in [-0.2, 0) is 19.6 Å². The molecular weight excluding hydrogens is 286 g/mol. The molecule has 1 heterocycles. The number of carboxylic acid groups (broad SMARTS) is 1. The van der Waals surface area contributed by atoms with Crippen LogP contribution in [0.5, 0.6) is 0 Å². The van der Waals surface area contributed by atoms with Crippen molar-refractivity contribution in [3.8, 4) is 0 Å². The van der Waals surface area contributed by atoms with Crippen molar-refractivity contribution in [2.45, 2.75) is 11.3 Å². The third-order valence-electron chi connectivity index (χ3n) is 1.11. The van der Waals surface area contributed by atoms with Gasteiger partial charge in [0.15, 0.2) is 0 Å². The highest BCUT2D eigenvalue weighted by Gasteiger charge is 2.15. The van der Waals surface area contributed by atoms with E-state index in [1.165, 1.54) is 6.92 Å². The van der Waals surface area contributed by atoms with Gasteiger partial charge >= 0.3 is 5.97 Å². The zero-order valence-corrected chi connectivity index (χ0v) is 10.8. The largest absolute Gasteiger partial charge is 0.480 e. The molecule has 0 bridgehead atoms. The van der Waals surface area contributed by atoms with Gasteiger partial charge in [-0.15, -0.1) is 10.2 Å². The molecular formula is C6H11N5O5S2. The summed E-state index contributed by atoms with van der Waals surface area (Å²) in [6, 6.07) is 0. The first-order valence-electron chi connectivity index (χ1n) is 4.22. The van der Waals surface area contributed by atoms with Gasteiger partial charge in [-0.1, -0.05) is 11.3 Å². The summed E-state index contributed by atoms with van der Waals surface area (Å²) in [5.74, 6) is -1.32. The number of sulfonamides is 1. The van der Waals surface area contributed by atoms with Crippen LogP contribution in [0.2, 0.25) is 0 Å². The van der Waals surface area contributed by atoms with E-state index in [1.54, 1.807) is 0 Å². The number of hydrogen-bond donors (Lipinski definition) is 4. The Morgan fingerprint density at radius 1 is 1.44 bits per heavy atom. The van der Waals surface area contributed by atoms with Crippen LogP contribution >= 0.6 is 11.3 Å². The minimum atomic E-state index is -3.82. The minimum absolute atomic E-state index is 0.108. The van der Waals surface area contributed by atoms with Crippen molar-refractivity contribution in [1.29, 1.82) is 0 Å². The molecule has 0 atom stereocenters. The average molecular weight is 297 g/mol. The molecule has 0 aliphatic heterocycles. The quantitative estimate of drug-likeness (QED) is 0.470. The molecule has 12 heteroatoms. The Morgan fingerprint density at radius 2 is 1.94 bits per heavy atom. The lowest BCUT2D eigenvalue weighted by molar-refractivity contribution is -0.135. The van der Waals surface area contributed by atoms with E-state index in [1.807, 2.05) is 0 Å². The molecule has 0 aliphatic carbocycles. The maximum absolute atomic E-state index is 10.7. The van der Waals surface area contributed by atoms with Gasteiger partial charge in [-0.2, -0.15) is 0 Å². The standard InChI is InChI=1S/C4H6N4O3S2.C2H5NO2/c1-2(9)6-3-7-8-4(12-3)13(5,10)11;3-1-2(4)5/h1H3,(H2,5,10,11)(H,6,7,9);1,3H2,(H,4,5). The normalized spacial score (nSPS) is 10.2. The summed E-state index contributed by atoms with van der Waals surface area (Å²) in [5.41, 5.74) is 4.57. The fraction of sp³-hybridized carbons (Fsp3) is 0.333. The molecule has 0 aliphatic rings. The zero-order chi connectivity index (χ0) is 14.3. The number of hydrogen-bond acceptors (Lipinski definition) is 8. The van der Waals surface area contributed by atoms with Crippen LogP contribution < -0.4 is 16.2 Å². The number of nitrogens with two attached hydrogens (primary N) is 2. The number of primary sulfonamides is 1. The number of carbonyl (C=O) groups excluding carboxylic acids is 1. The molecule has 1 rings (SSSR count). The van der Waals surface area contributed by atoms with Gasteiger partial charge in [0.25, 0.3) is 10.0 Å². The Morgan fingerprint density at radius 3 is 2.22 bits per heavy atom. The molecule has 0 saturated heterocycles. The van der Waals surface area contributed by atoms with Crippen molar-refractivity contribution in [3.05, 3.63) is 0 Å². The second-order valence-corrected chi connectivity index (χ2v) is 5.41. The summed E-state index contributed by atoms with van der Waals surface area (Å²) >= 11 is 0.701. The number of aromatic nitrogens is 2. The predicted octanol–water partition coefficient (Wildman–Crippen LogP) is -1.83. The van der Waals surface area contributed by atoms with Gasteiger partial charge in [-0.3, -0.25) is 9.59 Å². The Bertz CT molecular complexity index is 524. The highest BCUT2D eigenvalue weighted by Crippen LogP contribution is 2.17. The first kappa shape index (κ1) is 16.4. The maximum Gasteiger partial charge on any atom is 0.317 e. The zero-order valence-electron chi connectivity index (χ0n) is 9.15. The van der Waals surface area contributed by atoms with Crippen molar-refractivity contribution in [3.63, 3.8) is 0 Å². The molecule has 0 radical (unpaired) electrons. The second-order valence-electron chi connectivity index (χ2n) is 2.70. The van der Waals surface area contributed by atoms with Gasteiger partial charge in [0.1, 0.15) is 0 Å². The van der Waals surface area contributed by atoms with E-state index in [9.17, 15) is 18.0 Å². The van der Waals surface area contributed by atoms with Crippen LogP contribution in [0.4, 0.5) is 5.13 Å². The molecule has 0 fully saturated rings. The molecule has 0 spiro atoms. The van der Waals surface area contributed by atoms with Crippen LogP contribution in [0.1, 0.15) is 6.92 Å². The molecule has 1 aromatic rings. The van der Waals surface area contributed by atoms with E-state index in [2.05, 4.69) is 21.2 Å². The second kappa shape index (κ2) is 6.95. The molecule has 18 heavy (non-hydrogen) atoms. The monoisotopic (exact) mass is 297 g/mol. The number of nitrogens with one attached hydrogen (secondary N) is 1. The summed E-state index contributed by atoms with van der Waals surface area (Å²) in [6.07, 6.45) is 0. The van der Waals surface area contributed by atoms with E-state index in [4.69, 9.17) is 10.2 Å². The van der Waals surface area contributed by atoms with Crippen molar-refractivity contribution in [2.24, 2.45) is 10.9 Å². The molecule has 1 amide bonds. The van der Waals surface area contributed by atoms with Gasteiger partial charge in [-0.05, 0) is 0 Å². The van der Waals surface area contributed by atoms with Crippen molar-refractivity contribution in [2.75, 3.05) is 11.9 Å². The fourth-order valence-corrected chi connectivity index (χ4v) is 1.91. The molecule has 10 nitrogen and oxygen atoms in total. The number of amides is 1. The van der Waals surface area contributed by atoms with Crippen LogP contribution in [0, 0.1) is 0 Å². The van der Waals surface area contributed by atoms with Crippen LogP contribution in [0.25, 0.3) is 0 Å². The van der Waals surface area contributed by atoms with Gasteiger partial charge in [0.2, 0.25) is 15.4 Å². The van der Waals surface area contributed by atoms with E-state index >= 15 is 0 Å². The molecule has 0 saturated carbocycles. The van der Waals surface area contributed by atoms with Crippen LogP contribution in [-0.4, -0.2) is 42.1 Å². The van der Waals surface area contributed by atoms with E-state index in [-0.39, 0.29) is 21.9 Å². The summed E-state index contributed by atoms with van der Waals surface area (Å²) in [4.78, 5) is 19.8. The lowest BCUT2D eigenvalue weighted by Crippen LogP contribution is -2.11. The number of anilines is 1. The smallest absolute Gasteiger partial charge is 0.317 e. The predicted molar refractivity (Wildman–Crippen MR) is 62.3 cm³/mol. The Hall–Kier alpha value is -1.63. The van der Waals surface area contributed by atoms with Gasteiger partial charge in [0.05, 0.1) is 6.54 Å². The van der Waals surface area contributed by atoms with Gasteiger partial charge in [0, 0.05) is 6.92 Å². The van der Waals surface area contributed by atoms with Gasteiger partial charge in [-0.25, -0.2) is 13.6 Å². The lowest BCUT2D eigenvalue weighted by Gasteiger charge is -1.90. The highest BCUT2D eigenvalue weighted by atomic mass is 32.2. The van der Waals surface area contributed by atoms with Crippen molar-refractivity contribution in [1.82, 2.24) is 10.2 Å². The molecule has 0 aromatic carbocycles. The van der Waals surface area contributed by atoms with Crippen molar-refractivity contribution >= 4 is 38.4 Å². The summed E-state index contributed by atoms with van der Waals surface area (Å²) < 4.78 is 21.1. The summed E-state index contributed by atoms with van der Waals surface area (Å²) in [7, 11) is -3.82. The first-order chi connectivity index (χ1) is 8.16. The maximum atomic E-state index is 10.7. The molecule has 6 N–H and O–H groups in total. The number of nitrogens with zero attached hydrogens (tertiary/aromatic N) is 2. The Labute approximate surface area is 106 Å². The summed E-state index contributed by atoms with van der Waals surface area (Å²) in [6.45, 7) is 0.998. The lowest BCUT2D eigenvalue weighted by atomic mass is 10.7. The first-order valence-corrected chi connectivity index (χ1v) is 6.59. The Balaban J connectivity index is 0.000000494. The number of rotatable bonds is 3. The third-order valence-corrected chi connectivity index (χ3v) is 3.26. The molecule has 1 aromatic heterocycles. The van der Waals surface area contributed by atoms with Crippen LogP contribution in [0.15, 0.2) is 4.34 Å². The Kier molecular flexibility index (Phi) is 6.32. The third kappa shape index (κ3) is 6.85. The molecule has 102 valence electrons. The fourth-order valence-electron chi connectivity index (χ4n) is 0.526. The van der Waals surface area contributed by atoms with E-state index < -0.39 is 16.0 Å². The SMILES string of the molecule is CC(=O)Nc1nnc(S(N)(=O)=O)s1.NCC(=O)O. The highest BCUT2D eigenvalue weighted by molar-refractivity contribution is 7.91. The number of carboxylic acids is 1. The topological polar surface area (TPSA) is 178 Å². The minimum Gasteiger partial charge on any atom is -0.480 e. The molecule has 0 unspecified atom stereocenters. The van der Waals surface area contributed by atoms with E-state index in [0.29, 0.717) is 11.3 Å².